The number of rotatable bonds is 5. The molecule has 0 aliphatic rings. The molecule has 2 aromatic heterocycles. The van der Waals surface area contributed by atoms with E-state index in [9.17, 15) is 0 Å². The Morgan fingerprint density at radius 3 is 2.95 bits per heavy atom. The predicted octanol–water partition coefficient (Wildman–Crippen LogP) is 1.23. The maximum Gasteiger partial charge on any atom is 0.233 e. The number of aromatic amines is 1. The number of nitrogens with one attached hydrogen (secondary N) is 1. The number of aromatic nitrogens is 3. The summed E-state index contributed by atoms with van der Waals surface area (Å²) in [5.74, 6) is 0.315. The van der Waals surface area contributed by atoms with Gasteiger partial charge in [-0.3, -0.25) is 0 Å². The fourth-order valence-electron chi connectivity index (χ4n) is 1.71. The van der Waals surface area contributed by atoms with Gasteiger partial charge in [0.1, 0.15) is 29.3 Å². The number of nitrogens with zero attached hydrogens (tertiary/aromatic N) is 4. The fraction of sp³-hybridized carbons (Fsp3) is 0.286. The molecule has 0 aliphatic heterocycles. The highest BCUT2D eigenvalue weighted by atomic mass is 16.5. The van der Waals surface area contributed by atoms with Crippen molar-refractivity contribution in [2.75, 3.05) is 6.61 Å². The Morgan fingerprint density at radius 1 is 1.52 bits per heavy atom. The second kappa shape index (κ2) is 6.51. The van der Waals surface area contributed by atoms with Crippen molar-refractivity contribution in [2.24, 2.45) is 0 Å². The Labute approximate surface area is 121 Å². The van der Waals surface area contributed by atoms with Gasteiger partial charge in [-0.25, -0.2) is 9.97 Å². The largest absolute Gasteiger partial charge is 0.471 e. The highest BCUT2D eigenvalue weighted by Crippen LogP contribution is 2.19. The van der Waals surface area contributed by atoms with Crippen molar-refractivity contribution in [3.8, 4) is 18.0 Å². The van der Waals surface area contributed by atoms with E-state index in [4.69, 9.17) is 20.4 Å². The number of fused-ring (bicyclic) bond motifs is 1. The van der Waals surface area contributed by atoms with Crippen molar-refractivity contribution in [2.45, 2.75) is 19.4 Å². The number of aliphatic hydroxyl groups is 1. The van der Waals surface area contributed by atoms with Crippen LogP contribution in [-0.4, -0.2) is 32.8 Å². The highest BCUT2D eigenvalue weighted by Gasteiger charge is 2.10. The third-order valence-electron chi connectivity index (χ3n) is 2.78. The SMILES string of the molecule is CC(CO)Oc1cnc2[nH]cc(CC=C(C#N)C#N)c2n1. The van der Waals surface area contributed by atoms with E-state index in [-0.39, 0.29) is 18.3 Å². The minimum Gasteiger partial charge on any atom is -0.471 e. The second-order valence-electron chi connectivity index (χ2n) is 4.38. The standard InChI is InChI=1S/C14H13N5O2/c1-9(8-20)21-12-7-18-14-13(19-12)11(6-17-14)3-2-10(4-15)5-16/h2,6-7,9,20H,3,8H2,1H3,(H,17,18). The molecule has 2 N–H and O–H groups in total. The molecule has 2 rings (SSSR count). The summed E-state index contributed by atoms with van der Waals surface area (Å²) in [5, 5.41) is 26.4. The fourth-order valence-corrected chi connectivity index (χ4v) is 1.71. The summed E-state index contributed by atoms with van der Waals surface area (Å²) in [5.41, 5.74) is 2.07. The molecule has 0 bridgehead atoms. The van der Waals surface area contributed by atoms with Crippen LogP contribution in [0.15, 0.2) is 24.0 Å². The molecule has 0 aliphatic carbocycles. The zero-order valence-corrected chi connectivity index (χ0v) is 11.4. The molecule has 7 heteroatoms. The van der Waals surface area contributed by atoms with Crippen molar-refractivity contribution in [3.63, 3.8) is 0 Å². The van der Waals surface area contributed by atoms with E-state index in [0.29, 0.717) is 23.5 Å². The van der Waals surface area contributed by atoms with E-state index in [1.807, 2.05) is 12.1 Å². The molecular weight excluding hydrogens is 270 g/mol. The summed E-state index contributed by atoms with van der Waals surface area (Å²) in [7, 11) is 0. The molecule has 0 amide bonds. The zero-order valence-electron chi connectivity index (χ0n) is 11.4. The zero-order chi connectivity index (χ0) is 15.2. The van der Waals surface area contributed by atoms with Crippen LogP contribution < -0.4 is 4.74 Å². The second-order valence-corrected chi connectivity index (χ2v) is 4.38. The van der Waals surface area contributed by atoms with Gasteiger partial charge in [-0.05, 0) is 13.3 Å². The molecule has 0 saturated heterocycles. The molecule has 0 radical (unpaired) electrons. The first-order valence-corrected chi connectivity index (χ1v) is 6.28. The van der Waals surface area contributed by atoms with Crippen LogP contribution in [-0.2, 0) is 6.42 Å². The van der Waals surface area contributed by atoms with E-state index in [1.165, 1.54) is 12.3 Å². The minimum atomic E-state index is -0.372. The van der Waals surface area contributed by atoms with Crippen LogP contribution in [0.25, 0.3) is 11.2 Å². The van der Waals surface area contributed by atoms with Crippen LogP contribution in [0, 0.1) is 22.7 Å². The molecule has 2 heterocycles. The van der Waals surface area contributed by atoms with E-state index < -0.39 is 0 Å². The molecule has 1 atom stereocenters. The van der Waals surface area contributed by atoms with Gasteiger partial charge in [-0.1, -0.05) is 6.08 Å². The molecule has 0 saturated carbocycles. The van der Waals surface area contributed by atoms with Crippen molar-refractivity contribution < 1.29 is 9.84 Å². The van der Waals surface area contributed by atoms with Gasteiger partial charge in [0.15, 0.2) is 5.65 Å². The third-order valence-corrected chi connectivity index (χ3v) is 2.78. The number of hydrogen-bond acceptors (Lipinski definition) is 6. The van der Waals surface area contributed by atoms with E-state index in [2.05, 4.69) is 15.0 Å². The van der Waals surface area contributed by atoms with E-state index in [0.717, 1.165) is 5.56 Å². The molecule has 2 aromatic rings. The van der Waals surface area contributed by atoms with Gasteiger partial charge >= 0.3 is 0 Å². The van der Waals surface area contributed by atoms with Crippen LogP contribution in [0.1, 0.15) is 12.5 Å². The number of allylic oxidation sites excluding steroid dienone is 2. The Hall–Kier alpha value is -2.90. The summed E-state index contributed by atoms with van der Waals surface area (Å²) in [6.45, 7) is 1.61. The van der Waals surface area contributed by atoms with Gasteiger partial charge in [-0.15, -0.1) is 0 Å². The van der Waals surface area contributed by atoms with E-state index >= 15 is 0 Å². The lowest BCUT2D eigenvalue weighted by Crippen LogP contribution is -2.17. The number of nitriles is 2. The lowest BCUT2D eigenvalue weighted by Gasteiger charge is -2.10. The average Bonchev–Trinajstić information content (AvgIpc) is 2.91. The van der Waals surface area contributed by atoms with Gasteiger partial charge in [0, 0.05) is 11.8 Å². The topological polar surface area (TPSA) is 119 Å². The molecule has 7 nitrogen and oxygen atoms in total. The Kier molecular flexibility index (Phi) is 4.50. The van der Waals surface area contributed by atoms with Gasteiger partial charge in [0.2, 0.25) is 5.88 Å². The molecule has 106 valence electrons. The average molecular weight is 283 g/mol. The molecular formula is C14H13N5O2. The molecule has 0 aromatic carbocycles. The first kappa shape index (κ1) is 14.5. The number of hydrogen-bond donors (Lipinski definition) is 2. The van der Waals surface area contributed by atoms with Crippen molar-refractivity contribution >= 4 is 11.2 Å². The number of H-pyrrole nitrogens is 1. The van der Waals surface area contributed by atoms with Crippen molar-refractivity contribution in [3.05, 3.63) is 29.6 Å². The summed E-state index contributed by atoms with van der Waals surface area (Å²) >= 11 is 0. The van der Waals surface area contributed by atoms with Crippen LogP contribution in [0.2, 0.25) is 0 Å². The maximum absolute atomic E-state index is 8.98. The molecule has 0 fully saturated rings. The molecule has 21 heavy (non-hydrogen) atoms. The van der Waals surface area contributed by atoms with Crippen LogP contribution in [0.3, 0.4) is 0 Å². The van der Waals surface area contributed by atoms with Crippen LogP contribution in [0.5, 0.6) is 5.88 Å². The Morgan fingerprint density at radius 2 is 2.29 bits per heavy atom. The minimum absolute atomic E-state index is 0.0543. The number of aliphatic hydroxyl groups excluding tert-OH is 1. The van der Waals surface area contributed by atoms with Gasteiger partial charge in [-0.2, -0.15) is 10.5 Å². The van der Waals surface area contributed by atoms with Crippen LogP contribution in [0.4, 0.5) is 0 Å². The first-order valence-electron chi connectivity index (χ1n) is 6.28. The third kappa shape index (κ3) is 3.35. The summed E-state index contributed by atoms with van der Waals surface area (Å²) in [6.07, 6.45) is 4.76. The maximum atomic E-state index is 8.98. The lowest BCUT2D eigenvalue weighted by atomic mass is 10.1. The quantitative estimate of drug-likeness (QED) is 0.797. The van der Waals surface area contributed by atoms with E-state index in [1.54, 1.807) is 13.1 Å². The van der Waals surface area contributed by atoms with Crippen molar-refractivity contribution in [1.29, 1.82) is 10.5 Å². The summed E-state index contributed by atoms with van der Waals surface area (Å²) < 4.78 is 5.41. The summed E-state index contributed by atoms with van der Waals surface area (Å²) in [4.78, 5) is 11.5. The van der Waals surface area contributed by atoms with Crippen LogP contribution >= 0.6 is 0 Å². The normalized spacial score (nSPS) is 11.4. The molecule has 1 unspecified atom stereocenters. The Balaban J connectivity index is 2.29. The molecule has 0 spiro atoms. The summed E-state index contributed by atoms with van der Waals surface area (Å²) in [6, 6.07) is 3.62. The van der Waals surface area contributed by atoms with Crippen molar-refractivity contribution in [1.82, 2.24) is 15.0 Å². The van der Waals surface area contributed by atoms with Gasteiger partial charge < -0.3 is 14.8 Å². The lowest BCUT2D eigenvalue weighted by molar-refractivity contribution is 0.125. The number of ether oxygens (including phenoxy) is 1. The smallest absolute Gasteiger partial charge is 0.233 e. The predicted molar refractivity (Wildman–Crippen MR) is 74.1 cm³/mol. The van der Waals surface area contributed by atoms with Gasteiger partial charge in [0.05, 0.1) is 12.8 Å². The highest BCUT2D eigenvalue weighted by molar-refractivity contribution is 5.75. The first-order chi connectivity index (χ1) is 10.2. The Bertz CT molecular complexity index is 735. The van der Waals surface area contributed by atoms with Gasteiger partial charge in [0.25, 0.3) is 0 Å². The monoisotopic (exact) mass is 283 g/mol.